The molecule has 0 fully saturated rings. The Hall–Kier alpha value is -2.75. The fourth-order valence-electron chi connectivity index (χ4n) is 2.13. The number of ether oxygens (including phenoxy) is 3. The van der Waals surface area contributed by atoms with Crippen LogP contribution in [0.4, 0.5) is 0 Å². The fourth-order valence-corrected chi connectivity index (χ4v) is 2.13. The predicted octanol–water partition coefficient (Wildman–Crippen LogP) is 4.88. The molecule has 0 saturated carbocycles. The van der Waals surface area contributed by atoms with Crippen molar-refractivity contribution in [3.63, 3.8) is 0 Å². The maximum atomic E-state index is 12.0. The Balaban J connectivity index is 1.92. The van der Waals surface area contributed by atoms with E-state index in [9.17, 15) is 4.79 Å². The number of hydrogen-bond donors (Lipinski definition) is 0. The highest BCUT2D eigenvalue weighted by atomic mass is 16.6. The number of unbranched alkanes of at least 4 members (excludes halogenated alkanes) is 1. The molecule has 0 radical (unpaired) electrons. The second kappa shape index (κ2) is 10.2. The number of esters is 1. The standard InChI is InChI=1S/C21H24O4/c1-3-5-16-24-18-13-10-17(11-14-18)12-15-21(22)25-20-9-7-6-8-19(20)23-4-2/h6-15H,3-5,16H2,1-2H3/b15-12+. The molecule has 132 valence electrons. The van der Waals surface area contributed by atoms with Gasteiger partial charge in [-0.3, -0.25) is 0 Å². The van der Waals surface area contributed by atoms with Crippen molar-refractivity contribution in [2.45, 2.75) is 26.7 Å². The van der Waals surface area contributed by atoms with Crippen LogP contribution in [0.15, 0.2) is 54.6 Å². The summed E-state index contributed by atoms with van der Waals surface area (Å²) in [6.07, 6.45) is 5.25. The molecule has 4 nitrogen and oxygen atoms in total. The molecule has 0 amide bonds. The zero-order valence-corrected chi connectivity index (χ0v) is 14.7. The Morgan fingerprint density at radius 2 is 1.68 bits per heavy atom. The summed E-state index contributed by atoms with van der Waals surface area (Å²) < 4.78 is 16.4. The van der Waals surface area contributed by atoms with E-state index in [0.29, 0.717) is 18.1 Å². The van der Waals surface area contributed by atoms with Crippen LogP contribution >= 0.6 is 0 Å². The minimum atomic E-state index is -0.449. The van der Waals surface area contributed by atoms with Gasteiger partial charge in [-0.1, -0.05) is 37.6 Å². The number of carbonyl (C=O) groups excluding carboxylic acids is 1. The van der Waals surface area contributed by atoms with Gasteiger partial charge in [-0.05, 0) is 49.2 Å². The molecule has 0 aliphatic heterocycles. The molecule has 4 heteroatoms. The molecule has 0 aliphatic rings. The normalized spacial score (nSPS) is 10.6. The predicted molar refractivity (Wildman–Crippen MR) is 99.1 cm³/mol. The molecule has 0 spiro atoms. The van der Waals surface area contributed by atoms with Crippen LogP contribution in [0.3, 0.4) is 0 Å². The lowest BCUT2D eigenvalue weighted by molar-refractivity contribution is -0.129. The summed E-state index contributed by atoms with van der Waals surface area (Å²) >= 11 is 0. The van der Waals surface area contributed by atoms with Crippen LogP contribution < -0.4 is 14.2 Å². The van der Waals surface area contributed by atoms with E-state index in [2.05, 4.69) is 6.92 Å². The second-order valence-corrected chi connectivity index (χ2v) is 5.41. The maximum Gasteiger partial charge on any atom is 0.336 e. The van der Waals surface area contributed by atoms with Crippen LogP contribution in [0.1, 0.15) is 32.3 Å². The monoisotopic (exact) mass is 340 g/mol. The molecule has 0 unspecified atom stereocenters. The van der Waals surface area contributed by atoms with Crippen molar-refractivity contribution >= 4 is 12.0 Å². The van der Waals surface area contributed by atoms with E-state index in [-0.39, 0.29) is 0 Å². The summed E-state index contributed by atoms with van der Waals surface area (Å²) in [4.78, 5) is 12.0. The molecule has 2 aromatic carbocycles. The summed E-state index contributed by atoms with van der Waals surface area (Å²) in [6.45, 7) is 5.24. The smallest absolute Gasteiger partial charge is 0.336 e. The quantitative estimate of drug-likeness (QED) is 0.282. The third kappa shape index (κ3) is 6.34. The Morgan fingerprint density at radius 3 is 2.36 bits per heavy atom. The van der Waals surface area contributed by atoms with Crippen LogP contribution in [0.25, 0.3) is 6.08 Å². The number of para-hydroxylation sites is 2. The fraction of sp³-hybridized carbons (Fsp3) is 0.286. The van der Waals surface area contributed by atoms with Crippen LogP contribution in [-0.4, -0.2) is 19.2 Å². The number of carbonyl (C=O) groups is 1. The van der Waals surface area contributed by atoms with Gasteiger partial charge in [0.2, 0.25) is 0 Å². The Bertz CT molecular complexity index is 689. The van der Waals surface area contributed by atoms with Gasteiger partial charge in [0.25, 0.3) is 0 Å². The summed E-state index contributed by atoms with van der Waals surface area (Å²) in [5.74, 6) is 1.35. The first-order valence-electron chi connectivity index (χ1n) is 8.57. The molecule has 0 aromatic heterocycles. The zero-order chi connectivity index (χ0) is 17.9. The van der Waals surface area contributed by atoms with Gasteiger partial charge in [0.05, 0.1) is 13.2 Å². The third-order valence-electron chi connectivity index (χ3n) is 3.42. The van der Waals surface area contributed by atoms with Gasteiger partial charge in [0.15, 0.2) is 11.5 Å². The van der Waals surface area contributed by atoms with Crippen LogP contribution in [-0.2, 0) is 4.79 Å². The number of hydrogen-bond acceptors (Lipinski definition) is 4. The lowest BCUT2D eigenvalue weighted by atomic mass is 10.2. The Morgan fingerprint density at radius 1 is 0.960 bits per heavy atom. The highest BCUT2D eigenvalue weighted by molar-refractivity contribution is 5.89. The SMILES string of the molecule is CCCCOc1ccc(/C=C/C(=O)Oc2ccccc2OCC)cc1. The zero-order valence-electron chi connectivity index (χ0n) is 14.7. The summed E-state index contributed by atoms with van der Waals surface area (Å²) in [5, 5.41) is 0. The Kier molecular flexibility index (Phi) is 7.57. The molecule has 0 bridgehead atoms. The van der Waals surface area contributed by atoms with Crippen molar-refractivity contribution in [3.05, 3.63) is 60.2 Å². The first-order chi connectivity index (χ1) is 12.2. The summed E-state index contributed by atoms with van der Waals surface area (Å²) in [5.41, 5.74) is 0.901. The number of rotatable bonds is 9. The van der Waals surface area contributed by atoms with Crippen molar-refractivity contribution in [2.24, 2.45) is 0 Å². The highest BCUT2D eigenvalue weighted by Crippen LogP contribution is 2.26. The number of benzene rings is 2. The van der Waals surface area contributed by atoms with Gasteiger partial charge >= 0.3 is 5.97 Å². The van der Waals surface area contributed by atoms with Gasteiger partial charge < -0.3 is 14.2 Å². The lowest BCUT2D eigenvalue weighted by Crippen LogP contribution is -2.05. The molecule has 0 atom stereocenters. The van der Waals surface area contributed by atoms with Crippen LogP contribution in [0.5, 0.6) is 17.2 Å². The van der Waals surface area contributed by atoms with Crippen molar-refractivity contribution in [1.82, 2.24) is 0 Å². The molecule has 0 saturated heterocycles. The van der Waals surface area contributed by atoms with E-state index >= 15 is 0 Å². The van der Waals surface area contributed by atoms with Gasteiger partial charge in [0.1, 0.15) is 5.75 Å². The van der Waals surface area contributed by atoms with E-state index in [1.54, 1.807) is 24.3 Å². The largest absolute Gasteiger partial charge is 0.494 e. The van der Waals surface area contributed by atoms with Gasteiger partial charge in [-0.2, -0.15) is 0 Å². The molecule has 0 aliphatic carbocycles. The molecular weight excluding hydrogens is 316 g/mol. The molecular formula is C21H24O4. The van der Waals surface area contributed by atoms with Gasteiger partial charge in [0, 0.05) is 6.08 Å². The lowest BCUT2D eigenvalue weighted by Gasteiger charge is -2.08. The molecule has 25 heavy (non-hydrogen) atoms. The van der Waals surface area contributed by atoms with Gasteiger partial charge in [-0.15, -0.1) is 0 Å². The summed E-state index contributed by atoms with van der Waals surface area (Å²) in [7, 11) is 0. The first kappa shape index (κ1) is 18.6. The summed E-state index contributed by atoms with van der Waals surface area (Å²) in [6, 6.07) is 14.7. The second-order valence-electron chi connectivity index (χ2n) is 5.41. The molecule has 2 aromatic rings. The average Bonchev–Trinajstić information content (AvgIpc) is 2.63. The van der Waals surface area contributed by atoms with E-state index in [4.69, 9.17) is 14.2 Å². The maximum absolute atomic E-state index is 12.0. The minimum Gasteiger partial charge on any atom is -0.494 e. The van der Waals surface area contributed by atoms with E-state index in [1.807, 2.05) is 37.3 Å². The first-order valence-corrected chi connectivity index (χ1v) is 8.57. The van der Waals surface area contributed by atoms with Crippen molar-refractivity contribution in [1.29, 1.82) is 0 Å². The van der Waals surface area contributed by atoms with E-state index in [1.165, 1.54) is 6.08 Å². The molecule has 0 heterocycles. The topological polar surface area (TPSA) is 44.8 Å². The van der Waals surface area contributed by atoms with Crippen LogP contribution in [0.2, 0.25) is 0 Å². The average molecular weight is 340 g/mol. The molecule has 0 N–H and O–H groups in total. The van der Waals surface area contributed by atoms with Crippen molar-refractivity contribution in [3.8, 4) is 17.2 Å². The van der Waals surface area contributed by atoms with Crippen molar-refractivity contribution in [2.75, 3.05) is 13.2 Å². The highest BCUT2D eigenvalue weighted by Gasteiger charge is 2.07. The minimum absolute atomic E-state index is 0.415. The van der Waals surface area contributed by atoms with E-state index in [0.717, 1.165) is 30.8 Å². The third-order valence-corrected chi connectivity index (χ3v) is 3.42. The molecule has 2 rings (SSSR count). The van der Waals surface area contributed by atoms with Gasteiger partial charge in [-0.25, -0.2) is 4.79 Å². The Labute approximate surface area is 149 Å². The van der Waals surface area contributed by atoms with Crippen molar-refractivity contribution < 1.29 is 19.0 Å². The van der Waals surface area contributed by atoms with Crippen LogP contribution in [0, 0.1) is 0 Å². The van der Waals surface area contributed by atoms with E-state index < -0.39 is 5.97 Å².